The third kappa shape index (κ3) is 2.51. The van der Waals surface area contributed by atoms with Crippen LogP contribution in [0.3, 0.4) is 0 Å². The molecular formula is C17H14FN5O6. The Labute approximate surface area is 162 Å². The molecule has 0 aromatic carbocycles. The summed E-state index contributed by atoms with van der Waals surface area (Å²) in [4.78, 5) is 27.4. The zero-order valence-corrected chi connectivity index (χ0v) is 14.8. The average Bonchev–Trinajstić information content (AvgIpc) is 3.31. The Kier molecular flexibility index (Phi) is 3.66. The predicted molar refractivity (Wildman–Crippen MR) is 88.3 cm³/mol. The molecule has 0 spiro atoms. The molecule has 2 saturated heterocycles. The summed E-state index contributed by atoms with van der Waals surface area (Å²) in [6, 6.07) is 2.97. The van der Waals surface area contributed by atoms with Gasteiger partial charge in [0.05, 0.1) is 11.6 Å². The minimum absolute atomic E-state index is 0.0501. The quantitative estimate of drug-likeness (QED) is 0.711. The van der Waals surface area contributed by atoms with Gasteiger partial charge >= 0.3 is 12.1 Å². The second-order valence-electron chi connectivity index (χ2n) is 7.06. The van der Waals surface area contributed by atoms with E-state index >= 15 is 0 Å². The Morgan fingerprint density at radius 2 is 2.28 bits per heavy atom. The van der Waals surface area contributed by atoms with Crippen LogP contribution in [-0.4, -0.2) is 51.6 Å². The Morgan fingerprint density at radius 3 is 3.00 bits per heavy atom. The maximum Gasteiger partial charge on any atom is 0.509 e. The topological polar surface area (TPSA) is 151 Å². The van der Waals surface area contributed by atoms with Crippen LogP contribution in [0.2, 0.25) is 0 Å². The van der Waals surface area contributed by atoms with Crippen molar-refractivity contribution in [2.75, 3.05) is 12.3 Å². The number of halogens is 1. The van der Waals surface area contributed by atoms with E-state index in [-0.39, 0.29) is 35.5 Å². The molecule has 2 aliphatic heterocycles. The summed E-state index contributed by atoms with van der Waals surface area (Å²) in [5, 5.41) is 13.9. The lowest BCUT2D eigenvalue weighted by molar-refractivity contribution is -0.153. The van der Waals surface area contributed by atoms with Gasteiger partial charge in [-0.2, -0.15) is 10.4 Å². The van der Waals surface area contributed by atoms with Gasteiger partial charge in [-0.05, 0) is 12.8 Å². The molecule has 11 nitrogen and oxygen atoms in total. The fourth-order valence-corrected chi connectivity index (χ4v) is 3.70. The third-order valence-electron chi connectivity index (χ3n) is 5.24. The lowest BCUT2D eigenvalue weighted by atomic mass is 9.92. The summed E-state index contributed by atoms with van der Waals surface area (Å²) in [6.07, 6.45) is -1.63. The van der Waals surface area contributed by atoms with Gasteiger partial charge in [-0.3, -0.25) is 4.79 Å². The van der Waals surface area contributed by atoms with Gasteiger partial charge < -0.3 is 24.7 Å². The fraction of sp³-hybridized carbons (Fsp3) is 0.471. The number of carbonyl (C=O) groups excluding carboxylic acids is 2. The maximum atomic E-state index is 14.5. The first-order valence-electron chi connectivity index (χ1n) is 8.86. The van der Waals surface area contributed by atoms with E-state index < -0.39 is 35.9 Å². The zero-order chi connectivity index (χ0) is 20.3. The zero-order valence-electron chi connectivity index (χ0n) is 14.8. The van der Waals surface area contributed by atoms with Crippen molar-refractivity contribution in [3.8, 4) is 6.07 Å². The number of anilines is 1. The van der Waals surface area contributed by atoms with E-state index in [2.05, 4.69) is 10.1 Å². The number of nitrogen functional groups attached to an aromatic ring is 1. The van der Waals surface area contributed by atoms with Gasteiger partial charge in [0, 0.05) is 6.07 Å². The molecule has 2 N–H and O–H groups in total. The van der Waals surface area contributed by atoms with E-state index in [1.807, 2.05) is 6.07 Å². The van der Waals surface area contributed by atoms with Crippen molar-refractivity contribution in [3.05, 3.63) is 23.9 Å². The van der Waals surface area contributed by atoms with Gasteiger partial charge in [-0.1, -0.05) is 0 Å². The molecule has 12 heteroatoms. The van der Waals surface area contributed by atoms with Gasteiger partial charge in [0.25, 0.3) is 0 Å². The number of fused-ring (bicyclic) bond motifs is 2. The number of nitrogens with two attached hydrogens (primary N) is 1. The summed E-state index contributed by atoms with van der Waals surface area (Å²) >= 11 is 0. The summed E-state index contributed by atoms with van der Waals surface area (Å²) in [5.41, 5.74) is 3.57. The highest BCUT2D eigenvalue weighted by Crippen LogP contribution is 2.46. The molecule has 3 aliphatic rings. The largest absolute Gasteiger partial charge is 0.509 e. The predicted octanol–water partition coefficient (Wildman–Crippen LogP) is 0.425. The number of hydrogen-bond acceptors (Lipinski definition) is 10. The van der Waals surface area contributed by atoms with Gasteiger partial charge in [0.2, 0.25) is 5.60 Å². The van der Waals surface area contributed by atoms with Gasteiger partial charge in [-0.25, -0.2) is 18.7 Å². The van der Waals surface area contributed by atoms with Crippen LogP contribution >= 0.6 is 0 Å². The second-order valence-corrected chi connectivity index (χ2v) is 7.06. The van der Waals surface area contributed by atoms with E-state index in [0.29, 0.717) is 0 Å². The smallest absolute Gasteiger partial charge is 0.463 e. The normalized spacial score (nSPS) is 30.5. The van der Waals surface area contributed by atoms with Crippen molar-refractivity contribution in [2.24, 2.45) is 5.92 Å². The average molecular weight is 403 g/mol. The van der Waals surface area contributed by atoms with Crippen LogP contribution in [0.15, 0.2) is 12.4 Å². The lowest BCUT2D eigenvalue weighted by Gasteiger charge is -2.24. The first kappa shape index (κ1) is 17.6. The van der Waals surface area contributed by atoms with Gasteiger partial charge in [0.15, 0.2) is 23.8 Å². The van der Waals surface area contributed by atoms with Crippen molar-refractivity contribution in [1.29, 1.82) is 5.26 Å². The van der Waals surface area contributed by atoms with Crippen molar-refractivity contribution in [2.45, 2.75) is 36.8 Å². The van der Waals surface area contributed by atoms with E-state index in [9.17, 15) is 19.2 Å². The van der Waals surface area contributed by atoms with E-state index in [4.69, 9.17) is 24.7 Å². The highest BCUT2D eigenvalue weighted by Gasteiger charge is 2.66. The first-order chi connectivity index (χ1) is 13.9. The van der Waals surface area contributed by atoms with Crippen LogP contribution in [-0.2, 0) is 29.3 Å². The van der Waals surface area contributed by atoms with E-state index in [1.54, 1.807) is 0 Å². The van der Waals surface area contributed by atoms with Crippen LogP contribution < -0.4 is 5.73 Å². The van der Waals surface area contributed by atoms with Crippen LogP contribution in [0, 0.1) is 23.1 Å². The molecule has 0 radical (unpaired) electrons. The highest BCUT2D eigenvalue weighted by atomic mass is 19.1. The van der Waals surface area contributed by atoms with Crippen molar-refractivity contribution in [3.63, 3.8) is 0 Å². The Balaban J connectivity index is 1.55. The van der Waals surface area contributed by atoms with E-state index in [0.717, 1.165) is 29.8 Å². The molecule has 2 aromatic rings. The summed E-state index contributed by atoms with van der Waals surface area (Å²) in [5.74, 6) is -1.44. The molecule has 3 fully saturated rings. The van der Waals surface area contributed by atoms with Crippen molar-refractivity contribution < 1.29 is 32.9 Å². The number of hydrogen-bond donors (Lipinski definition) is 1. The van der Waals surface area contributed by atoms with Crippen LogP contribution in [0.25, 0.3) is 5.52 Å². The fourth-order valence-electron chi connectivity index (χ4n) is 3.70. The Hall–Kier alpha value is -3.46. The number of esters is 1. The monoisotopic (exact) mass is 403 g/mol. The molecular weight excluding hydrogens is 389 g/mol. The minimum Gasteiger partial charge on any atom is -0.463 e. The molecule has 4 heterocycles. The van der Waals surface area contributed by atoms with Crippen molar-refractivity contribution in [1.82, 2.24) is 14.6 Å². The van der Waals surface area contributed by atoms with Gasteiger partial charge in [-0.15, -0.1) is 0 Å². The molecule has 5 rings (SSSR count). The number of aromatic nitrogens is 3. The first-order valence-corrected chi connectivity index (χ1v) is 8.86. The number of carbonyl (C=O) groups is 2. The van der Waals surface area contributed by atoms with Crippen molar-refractivity contribution >= 4 is 23.5 Å². The molecule has 0 amide bonds. The molecule has 1 aliphatic carbocycles. The summed E-state index contributed by atoms with van der Waals surface area (Å²) < 4.78 is 37.0. The number of nitrogens with zero attached hydrogens (tertiary/aromatic N) is 4. The van der Waals surface area contributed by atoms with Gasteiger partial charge in [0.1, 0.15) is 30.6 Å². The molecule has 0 bridgehead atoms. The van der Waals surface area contributed by atoms with Crippen LogP contribution in [0.1, 0.15) is 18.5 Å². The maximum absolute atomic E-state index is 14.5. The number of rotatable bonds is 4. The minimum atomic E-state index is -1.96. The molecule has 1 saturated carbocycles. The molecule has 2 aromatic heterocycles. The Bertz CT molecular complexity index is 1080. The standard InChI is InChI=1S/C17H14FN5O6/c18-8-3-10(23-11(8)14(20)21-6-22-23)17(5-19)13-12(27-16(25)28-13)9(29-17)4-26-15(24)7-1-2-7/h3,6-7,9,12-13H,1-2,4H2,(H2,20,21,22)/t9-,12-,13-,17+/m1/s1. The Morgan fingerprint density at radius 1 is 1.48 bits per heavy atom. The molecule has 0 unspecified atom stereocenters. The number of nitriles is 1. The van der Waals surface area contributed by atoms with Crippen LogP contribution in [0.5, 0.6) is 0 Å². The number of ether oxygens (including phenoxy) is 4. The lowest BCUT2D eigenvalue weighted by Crippen LogP contribution is -2.39. The third-order valence-corrected chi connectivity index (χ3v) is 5.24. The SMILES string of the molecule is N#C[C@@]1(c2cc(F)c3c(N)ncnn23)O[C@H](COC(=O)C2CC2)[C@H]2OC(=O)O[C@H]21. The summed E-state index contributed by atoms with van der Waals surface area (Å²) in [7, 11) is 0. The van der Waals surface area contributed by atoms with Crippen LogP contribution in [0.4, 0.5) is 15.0 Å². The van der Waals surface area contributed by atoms with E-state index in [1.165, 1.54) is 0 Å². The highest BCUT2D eigenvalue weighted by molar-refractivity contribution is 5.75. The molecule has 150 valence electrons. The molecule has 4 atom stereocenters. The summed E-state index contributed by atoms with van der Waals surface area (Å²) in [6.45, 7) is -0.251. The molecule has 29 heavy (non-hydrogen) atoms. The second kappa shape index (κ2) is 6.02.